The number of halogens is 1. The van der Waals surface area contributed by atoms with Gasteiger partial charge in [0.25, 0.3) is 0 Å². The highest BCUT2D eigenvalue weighted by molar-refractivity contribution is 9.10. The van der Waals surface area contributed by atoms with E-state index in [4.69, 9.17) is 9.73 Å². The molecule has 0 radical (unpaired) electrons. The summed E-state index contributed by atoms with van der Waals surface area (Å²) >= 11 is 3.48. The number of ether oxygens (including phenoxy) is 1. The summed E-state index contributed by atoms with van der Waals surface area (Å²) < 4.78 is 6.53. The molecule has 0 saturated carbocycles. The lowest BCUT2D eigenvalue weighted by atomic mass is 9.69. The van der Waals surface area contributed by atoms with E-state index in [1.165, 1.54) is 0 Å². The van der Waals surface area contributed by atoms with Crippen LogP contribution in [0.3, 0.4) is 0 Å². The van der Waals surface area contributed by atoms with Crippen molar-refractivity contribution in [3.63, 3.8) is 0 Å². The van der Waals surface area contributed by atoms with Gasteiger partial charge in [0.1, 0.15) is 5.92 Å². The standard InChI is InChI=1S/C26H26BrNO3/c1-15(2)31-26(30)23-16(3)28-21-13-19(17-7-5-4-6-8-17)14-22(29)25(21)24(23)18-9-11-20(27)12-10-18/h4-12,15,19,23-24H,13-14H2,1-3H3/t19-,23?,24+/m1/s1. The lowest BCUT2D eigenvalue weighted by Crippen LogP contribution is -2.38. The first-order chi connectivity index (χ1) is 14.8. The van der Waals surface area contributed by atoms with Crippen LogP contribution >= 0.6 is 15.9 Å². The number of esters is 1. The first-order valence-electron chi connectivity index (χ1n) is 10.7. The Labute approximate surface area is 191 Å². The maximum absolute atomic E-state index is 13.5. The molecule has 0 amide bonds. The van der Waals surface area contributed by atoms with Gasteiger partial charge in [-0.15, -0.1) is 0 Å². The van der Waals surface area contributed by atoms with Gasteiger partial charge in [-0.2, -0.15) is 0 Å². The van der Waals surface area contributed by atoms with Gasteiger partial charge < -0.3 is 4.74 Å². The zero-order valence-electron chi connectivity index (χ0n) is 18.0. The monoisotopic (exact) mass is 479 g/mol. The number of carbonyl (C=O) groups excluding carboxylic acids is 2. The Morgan fingerprint density at radius 2 is 1.71 bits per heavy atom. The first kappa shape index (κ1) is 21.7. The molecule has 1 aliphatic carbocycles. The van der Waals surface area contributed by atoms with Crippen LogP contribution in [0.15, 0.2) is 75.3 Å². The van der Waals surface area contributed by atoms with E-state index in [-0.39, 0.29) is 29.7 Å². The van der Waals surface area contributed by atoms with Gasteiger partial charge in [-0.3, -0.25) is 14.6 Å². The van der Waals surface area contributed by atoms with E-state index in [1.54, 1.807) is 0 Å². The Bertz CT molecular complexity index is 1050. The fraction of sp³-hybridized carbons (Fsp3) is 0.346. The van der Waals surface area contributed by atoms with Crippen LogP contribution in [0.1, 0.15) is 56.6 Å². The highest BCUT2D eigenvalue weighted by atomic mass is 79.9. The van der Waals surface area contributed by atoms with Crippen LogP contribution in [-0.2, 0) is 14.3 Å². The summed E-state index contributed by atoms with van der Waals surface area (Å²) in [5.41, 5.74) is 4.27. The van der Waals surface area contributed by atoms with Crippen LogP contribution in [0.2, 0.25) is 0 Å². The number of ketones is 1. The second-order valence-corrected chi connectivity index (χ2v) is 9.46. The molecule has 2 aromatic carbocycles. The molecule has 0 saturated heterocycles. The number of carbonyl (C=O) groups is 2. The van der Waals surface area contributed by atoms with Crippen LogP contribution in [0.5, 0.6) is 0 Å². The zero-order chi connectivity index (χ0) is 22.1. The summed E-state index contributed by atoms with van der Waals surface area (Å²) in [5.74, 6) is -1.13. The summed E-state index contributed by atoms with van der Waals surface area (Å²) in [4.78, 5) is 31.4. The molecular formula is C26H26BrNO3. The average molecular weight is 480 g/mol. The van der Waals surface area contributed by atoms with E-state index in [0.717, 1.165) is 21.3 Å². The molecule has 1 aliphatic heterocycles. The van der Waals surface area contributed by atoms with Crippen LogP contribution < -0.4 is 0 Å². The second-order valence-electron chi connectivity index (χ2n) is 8.55. The second kappa shape index (κ2) is 8.91. The maximum Gasteiger partial charge on any atom is 0.315 e. The Morgan fingerprint density at radius 1 is 1.03 bits per heavy atom. The lowest BCUT2D eigenvalue weighted by molar-refractivity contribution is -0.150. The number of allylic oxidation sites excluding steroid dienone is 2. The first-order valence-corrected chi connectivity index (χ1v) is 11.5. The highest BCUT2D eigenvalue weighted by Crippen LogP contribution is 2.47. The van der Waals surface area contributed by atoms with Crippen LogP contribution in [0.25, 0.3) is 0 Å². The minimum Gasteiger partial charge on any atom is -0.462 e. The molecule has 0 fully saturated rings. The van der Waals surface area contributed by atoms with Gasteiger partial charge in [-0.1, -0.05) is 58.4 Å². The molecule has 1 unspecified atom stereocenters. The molecule has 2 aliphatic rings. The molecule has 0 N–H and O–H groups in total. The van der Waals surface area contributed by atoms with Gasteiger partial charge in [0, 0.05) is 33.8 Å². The molecular weight excluding hydrogens is 454 g/mol. The number of hydrogen-bond acceptors (Lipinski definition) is 4. The van der Waals surface area contributed by atoms with Gasteiger partial charge in [0.2, 0.25) is 0 Å². The molecule has 0 bridgehead atoms. The Balaban J connectivity index is 1.79. The van der Waals surface area contributed by atoms with Crippen LogP contribution in [0, 0.1) is 5.92 Å². The van der Waals surface area contributed by atoms with Gasteiger partial charge in [-0.25, -0.2) is 0 Å². The maximum atomic E-state index is 13.5. The Hall–Kier alpha value is -2.53. The number of Topliss-reactive ketones (excluding diaryl/α,β-unsaturated/α-hetero) is 1. The molecule has 0 aromatic heterocycles. The Kier molecular flexibility index (Phi) is 6.24. The van der Waals surface area contributed by atoms with Crippen molar-refractivity contribution in [2.75, 3.05) is 0 Å². The van der Waals surface area contributed by atoms with E-state index in [1.807, 2.05) is 63.2 Å². The van der Waals surface area contributed by atoms with E-state index < -0.39 is 5.92 Å². The molecule has 4 nitrogen and oxygen atoms in total. The molecule has 160 valence electrons. The number of hydrogen-bond donors (Lipinski definition) is 0. The van der Waals surface area contributed by atoms with Crippen molar-refractivity contribution in [1.29, 1.82) is 0 Å². The van der Waals surface area contributed by atoms with Crippen molar-refractivity contribution in [3.8, 4) is 0 Å². The van der Waals surface area contributed by atoms with E-state index >= 15 is 0 Å². The predicted octanol–water partition coefficient (Wildman–Crippen LogP) is 5.98. The van der Waals surface area contributed by atoms with Crippen molar-refractivity contribution in [1.82, 2.24) is 0 Å². The normalized spacial score (nSPS) is 23.5. The number of rotatable bonds is 4. The van der Waals surface area contributed by atoms with Gasteiger partial charge in [-0.05, 0) is 56.4 Å². The van der Waals surface area contributed by atoms with Crippen molar-refractivity contribution in [2.24, 2.45) is 10.9 Å². The number of aliphatic imine (C=N–C) groups is 1. The van der Waals surface area contributed by atoms with Gasteiger partial charge >= 0.3 is 5.97 Å². The third-order valence-electron chi connectivity index (χ3n) is 5.99. The number of nitrogens with zero attached hydrogens (tertiary/aromatic N) is 1. The fourth-order valence-corrected chi connectivity index (χ4v) is 4.93. The largest absolute Gasteiger partial charge is 0.462 e. The van der Waals surface area contributed by atoms with Crippen molar-refractivity contribution in [3.05, 3.63) is 81.5 Å². The molecule has 31 heavy (non-hydrogen) atoms. The predicted molar refractivity (Wildman–Crippen MR) is 125 cm³/mol. The zero-order valence-corrected chi connectivity index (χ0v) is 19.6. The number of benzene rings is 2. The smallest absolute Gasteiger partial charge is 0.315 e. The summed E-state index contributed by atoms with van der Waals surface area (Å²) in [6, 6.07) is 18.0. The molecule has 0 spiro atoms. The van der Waals surface area contributed by atoms with E-state index in [0.29, 0.717) is 24.1 Å². The molecule has 4 rings (SSSR count). The SMILES string of the molecule is CC1=NC2=C(C(=O)C[C@H](c3ccccc3)C2)[C@@H](c2ccc(Br)cc2)C1C(=O)OC(C)C. The molecule has 2 aromatic rings. The molecule has 5 heteroatoms. The van der Waals surface area contributed by atoms with Crippen molar-refractivity contribution < 1.29 is 14.3 Å². The van der Waals surface area contributed by atoms with E-state index in [2.05, 4.69) is 28.1 Å². The van der Waals surface area contributed by atoms with Crippen molar-refractivity contribution in [2.45, 2.75) is 51.6 Å². The van der Waals surface area contributed by atoms with Crippen LogP contribution in [0.4, 0.5) is 0 Å². The van der Waals surface area contributed by atoms with Crippen LogP contribution in [-0.4, -0.2) is 23.6 Å². The summed E-state index contributed by atoms with van der Waals surface area (Å²) in [7, 11) is 0. The third kappa shape index (κ3) is 4.42. The minimum absolute atomic E-state index is 0.0709. The third-order valence-corrected chi connectivity index (χ3v) is 6.52. The molecule has 1 heterocycles. The summed E-state index contributed by atoms with van der Waals surface area (Å²) in [6.45, 7) is 5.55. The highest BCUT2D eigenvalue weighted by Gasteiger charge is 2.44. The van der Waals surface area contributed by atoms with Gasteiger partial charge in [0.15, 0.2) is 5.78 Å². The van der Waals surface area contributed by atoms with E-state index in [9.17, 15) is 9.59 Å². The van der Waals surface area contributed by atoms with Gasteiger partial charge in [0.05, 0.1) is 6.10 Å². The average Bonchev–Trinajstić information content (AvgIpc) is 2.73. The fourth-order valence-electron chi connectivity index (χ4n) is 4.66. The Morgan fingerprint density at radius 3 is 2.35 bits per heavy atom. The quantitative estimate of drug-likeness (QED) is 0.507. The minimum atomic E-state index is -0.598. The summed E-state index contributed by atoms with van der Waals surface area (Å²) in [6.07, 6.45) is 0.892. The van der Waals surface area contributed by atoms with Crippen molar-refractivity contribution >= 4 is 33.4 Å². The molecule has 3 atom stereocenters. The summed E-state index contributed by atoms with van der Waals surface area (Å²) in [5, 5.41) is 0. The lowest BCUT2D eigenvalue weighted by Gasteiger charge is -2.36. The topological polar surface area (TPSA) is 55.7 Å².